The van der Waals surface area contributed by atoms with E-state index in [1.807, 2.05) is 43.2 Å². The van der Waals surface area contributed by atoms with Crippen LogP contribution >= 0.6 is 0 Å². The van der Waals surface area contributed by atoms with Crippen LogP contribution in [0.25, 0.3) is 44.6 Å². The summed E-state index contributed by atoms with van der Waals surface area (Å²) >= 11 is 0. The van der Waals surface area contributed by atoms with Gasteiger partial charge in [-0.3, -0.25) is 23.7 Å². The molecule has 35 heteroatoms. The predicted molar refractivity (Wildman–Crippen MR) is 357 cm³/mol. The van der Waals surface area contributed by atoms with Gasteiger partial charge in [-0.05, 0) is 75.6 Å². The number of fused-ring (bicyclic) bond motifs is 2. The van der Waals surface area contributed by atoms with Crippen molar-refractivity contribution in [3.05, 3.63) is 97.1 Å². The Kier molecular flexibility index (Phi) is 20.3. The van der Waals surface area contributed by atoms with Crippen LogP contribution in [0, 0.1) is 28.1 Å². The van der Waals surface area contributed by atoms with Gasteiger partial charge in [0.05, 0.1) is 60.4 Å². The van der Waals surface area contributed by atoms with Gasteiger partial charge in [-0.1, -0.05) is 39.3 Å². The maximum Gasteiger partial charge on any atom is 0.451 e. The lowest BCUT2D eigenvalue weighted by molar-refractivity contribution is -0.146. The van der Waals surface area contributed by atoms with E-state index in [-0.39, 0.29) is 49.9 Å². The molecular formula is C65H80F6N18O8SSi2. The van der Waals surface area contributed by atoms with Crippen LogP contribution in [0.1, 0.15) is 80.8 Å². The summed E-state index contributed by atoms with van der Waals surface area (Å²) < 4.78 is 156. The minimum Gasteiger partial charge on any atom is -0.474 e. The van der Waals surface area contributed by atoms with Crippen LogP contribution in [-0.2, 0) is 69.5 Å². The number of nitriles is 2. The third-order valence-corrected chi connectivity index (χ3v) is 23.9. The fourth-order valence-corrected chi connectivity index (χ4v) is 16.8. The van der Waals surface area contributed by atoms with Crippen molar-refractivity contribution in [2.24, 2.45) is 5.41 Å². The molecule has 2 saturated heterocycles. The van der Waals surface area contributed by atoms with E-state index in [0.717, 1.165) is 34.8 Å². The van der Waals surface area contributed by atoms with E-state index in [2.05, 4.69) is 96.2 Å². The lowest BCUT2D eigenvalue weighted by Gasteiger charge is -2.59. The van der Waals surface area contributed by atoms with E-state index >= 15 is 13.2 Å². The molecule has 26 nitrogen and oxygen atoms in total. The SMILES string of the molecule is C[Si](C)(C)CCOCn1ccc2c(-c3cnn(C4(CC#N)CN(C5CCC(Oc6cc(CC(C#N)(CS(=O)(=O)O)C7(n8cc(-c9ncnc%10c9ccn%10COCC[Si](C)(C)C)cn8)CN(C8CCC(Oc9cc(CO)nc(C(F)(F)F)n9)CC8)C7)nc(C(F)(F)F)n6)CC5)C4)c3)ncnc21. The molecule has 0 amide bonds. The molecule has 1 atom stereocenters. The number of halogens is 6. The van der Waals surface area contributed by atoms with Crippen molar-refractivity contribution in [1.29, 1.82) is 10.5 Å². The van der Waals surface area contributed by atoms with Gasteiger partial charge in [0, 0.05) is 139 Å². The minimum absolute atomic E-state index is 0.0367. The number of aliphatic hydroxyl groups excluding tert-OH is 1. The molecule has 2 saturated carbocycles. The lowest BCUT2D eigenvalue weighted by Crippen LogP contribution is -2.73. The Morgan fingerprint density at radius 2 is 1.10 bits per heavy atom. The first-order chi connectivity index (χ1) is 47.3. The van der Waals surface area contributed by atoms with E-state index < -0.39 is 109 Å². The summed E-state index contributed by atoms with van der Waals surface area (Å²) in [5.41, 5.74) is -1.84. The van der Waals surface area contributed by atoms with Crippen molar-refractivity contribution < 1.29 is 63.4 Å². The smallest absolute Gasteiger partial charge is 0.451 e. The van der Waals surface area contributed by atoms with Crippen LogP contribution < -0.4 is 9.47 Å². The van der Waals surface area contributed by atoms with E-state index in [4.69, 9.17) is 29.1 Å². The molecule has 8 aromatic heterocycles. The van der Waals surface area contributed by atoms with E-state index in [1.54, 1.807) is 18.6 Å². The van der Waals surface area contributed by atoms with Gasteiger partial charge in [-0.2, -0.15) is 65.4 Å². The summed E-state index contributed by atoms with van der Waals surface area (Å²) in [4.78, 5) is 37.2. The van der Waals surface area contributed by atoms with Crippen LogP contribution in [0.5, 0.6) is 11.8 Å². The van der Waals surface area contributed by atoms with Crippen molar-refractivity contribution in [3.8, 4) is 46.4 Å². The van der Waals surface area contributed by atoms with Crippen LogP contribution in [0.3, 0.4) is 0 Å². The molecule has 0 spiro atoms. The monoisotopic (exact) mass is 1440 g/mol. The molecule has 4 fully saturated rings. The van der Waals surface area contributed by atoms with E-state index in [9.17, 15) is 41.8 Å². The van der Waals surface area contributed by atoms with Crippen molar-refractivity contribution in [2.75, 3.05) is 45.1 Å². The first-order valence-electron chi connectivity index (χ1n) is 33.3. The standard InChI is InChI=1S/C65H80F6N18O8SSi2/c1-99(2,3)23-21-94-41-84-19-15-51-55(74-39-76-57(51)84)43-28-78-88(30-43)62(17-18-72)34-86(35-62)47-7-11-49(12-8-47)96-53-25-45(80-59(82-53)64(66,67)68)27-61(33-73,38-98(91,92)93)63(36-87(37-63)48-9-13-50(14-10-48)97-54-26-46(32-90)81-60(83-54)65(69,70)71)89-31-44(29-79-89)56-52-16-20-85(58(52)77-40-75-56)42-95-22-24-100(4,5)6/h15-16,19-20,25-26,28-31,39-40,47-50,90H,7-14,17,21-24,27,32,34-38,41-42H2,1-6H3,(H,91,92,93). The predicted octanol–water partition coefficient (Wildman–Crippen LogP) is 9.99. The Bertz CT molecular complexity index is 4440. The molecule has 12 rings (SSSR count). The molecule has 2 aliphatic carbocycles. The zero-order chi connectivity index (χ0) is 71.2. The van der Waals surface area contributed by atoms with Crippen molar-refractivity contribution >= 4 is 48.3 Å². The van der Waals surface area contributed by atoms with Gasteiger partial charge < -0.3 is 33.2 Å². The fourth-order valence-electron chi connectivity index (χ4n) is 14.2. The minimum atomic E-state index is -5.16. The molecule has 534 valence electrons. The van der Waals surface area contributed by atoms with Gasteiger partial charge in [0.1, 0.15) is 66.1 Å². The number of nitrogens with zero attached hydrogens (tertiary/aromatic N) is 18. The summed E-state index contributed by atoms with van der Waals surface area (Å²) in [6, 6.07) is 12.3. The highest BCUT2D eigenvalue weighted by molar-refractivity contribution is 7.85. The maximum absolute atomic E-state index is 15.1. The molecule has 4 aliphatic rings. The Morgan fingerprint density at radius 3 is 1.55 bits per heavy atom. The number of rotatable bonds is 27. The van der Waals surface area contributed by atoms with Gasteiger partial charge in [0.2, 0.25) is 23.4 Å². The van der Waals surface area contributed by atoms with Crippen molar-refractivity contribution in [1.82, 2.24) is 78.4 Å². The molecule has 2 N–H and O–H groups in total. The first-order valence-corrected chi connectivity index (χ1v) is 42.3. The van der Waals surface area contributed by atoms with Crippen LogP contribution in [0.4, 0.5) is 26.3 Å². The average molecular weight is 1440 g/mol. The molecule has 1 unspecified atom stereocenters. The molecule has 2 aliphatic heterocycles. The third-order valence-electron chi connectivity index (χ3n) is 19.6. The molecule has 0 bridgehead atoms. The average Bonchev–Trinajstić information content (AvgIpc) is 1.07. The van der Waals surface area contributed by atoms with Crippen molar-refractivity contribution in [3.63, 3.8) is 0 Å². The van der Waals surface area contributed by atoms with Crippen LogP contribution in [0.15, 0.2) is 74.1 Å². The maximum atomic E-state index is 15.1. The molecule has 0 radical (unpaired) electrons. The third kappa shape index (κ3) is 15.8. The van der Waals surface area contributed by atoms with Gasteiger partial charge in [0.15, 0.2) is 0 Å². The highest BCUT2D eigenvalue weighted by Crippen LogP contribution is 2.51. The zero-order valence-corrected chi connectivity index (χ0v) is 59.2. The highest BCUT2D eigenvalue weighted by atomic mass is 32.2. The van der Waals surface area contributed by atoms with Gasteiger partial charge in [-0.25, -0.2) is 29.9 Å². The molecular weight excluding hydrogens is 1360 g/mol. The number of aliphatic hydroxyl groups is 1. The van der Waals surface area contributed by atoms with Gasteiger partial charge in [-0.15, -0.1) is 0 Å². The lowest BCUT2D eigenvalue weighted by atomic mass is 9.63. The second-order valence-electron chi connectivity index (χ2n) is 29.3. The molecule has 100 heavy (non-hydrogen) atoms. The summed E-state index contributed by atoms with van der Waals surface area (Å²) in [7, 11) is -7.83. The quantitative estimate of drug-likeness (QED) is 0.0209. The number of likely N-dealkylation sites (tertiary alicyclic amines) is 2. The number of alkyl halides is 6. The Hall–Kier alpha value is -7.88. The summed E-state index contributed by atoms with van der Waals surface area (Å²) in [5.74, 6) is -5.17. The topological polar surface area (TPSA) is 314 Å². The van der Waals surface area contributed by atoms with Crippen LogP contribution in [0.2, 0.25) is 51.4 Å². The normalized spacial score (nSPS) is 20.7. The number of aromatic nitrogens is 14. The largest absolute Gasteiger partial charge is 0.474 e. The second kappa shape index (κ2) is 28.2. The summed E-state index contributed by atoms with van der Waals surface area (Å²) in [6.07, 6.45) is 4.80. The zero-order valence-electron chi connectivity index (χ0n) is 56.4. The number of ether oxygens (including phenoxy) is 4. The molecule has 10 heterocycles. The first kappa shape index (κ1) is 71.9. The van der Waals surface area contributed by atoms with E-state index in [1.165, 1.54) is 29.6 Å². The van der Waals surface area contributed by atoms with Crippen molar-refractivity contribution in [2.45, 2.75) is 183 Å². The Balaban J connectivity index is 0.776. The number of hydrogen-bond donors (Lipinski definition) is 2. The van der Waals surface area contributed by atoms with Gasteiger partial charge in [0.25, 0.3) is 10.1 Å². The molecule has 0 aromatic carbocycles. The fraction of sp³-hybridized carbons (Fsp3) is 0.569. The number of hydrogen-bond acceptors (Lipinski definition) is 21. The Morgan fingerprint density at radius 1 is 0.640 bits per heavy atom. The summed E-state index contributed by atoms with van der Waals surface area (Å²) in [5, 5.41) is 42.5. The second-order valence-corrected chi connectivity index (χ2v) is 42.0. The van der Waals surface area contributed by atoms with Crippen LogP contribution in [-0.4, -0.2) is 182 Å². The highest BCUT2D eigenvalue weighted by Gasteiger charge is 2.64. The molecule has 8 aromatic rings. The summed E-state index contributed by atoms with van der Waals surface area (Å²) in [6.45, 7) is 15.4. The van der Waals surface area contributed by atoms with E-state index in [0.29, 0.717) is 112 Å². The Labute approximate surface area is 575 Å². The van der Waals surface area contributed by atoms with Gasteiger partial charge >= 0.3 is 12.4 Å².